The van der Waals surface area contributed by atoms with E-state index in [0.717, 1.165) is 12.1 Å². The SMILES string of the molecule is Cc1cc(C(F)(F)F)ccc1C(N)c1ccccc1Cl. The second kappa shape index (κ2) is 5.46. The smallest absolute Gasteiger partial charge is 0.320 e. The Kier molecular flexibility index (Phi) is 4.06. The van der Waals surface area contributed by atoms with Crippen LogP contribution in [-0.2, 0) is 6.18 Å². The van der Waals surface area contributed by atoms with Crippen LogP contribution in [0.2, 0.25) is 5.02 Å². The molecule has 0 bridgehead atoms. The minimum Gasteiger partial charge on any atom is -0.320 e. The highest BCUT2D eigenvalue weighted by molar-refractivity contribution is 6.31. The highest BCUT2D eigenvalue weighted by Crippen LogP contribution is 2.33. The van der Waals surface area contributed by atoms with E-state index in [2.05, 4.69) is 0 Å². The Morgan fingerprint density at radius 1 is 1.05 bits per heavy atom. The Labute approximate surface area is 120 Å². The number of aryl methyl sites for hydroxylation is 1. The Morgan fingerprint density at radius 2 is 1.70 bits per heavy atom. The lowest BCUT2D eigenvalue weighted by Crippen LogP contribution is -2.15. The van der Waals surface area contributed by atoms with Gasteiger partial charge in [-0.05, 0) is 41.8 Å². The van der Waals surface area contributed by atoms with Gasteiger partial charge in [0.25, 0.3) is 0 Å². The molecule has 0 spiro atoms. The summed E-state index contributed by atoms with van der Waals surface area (Å²) in [4.78, 5) is 0. The van der Waals surface area contributed by atoms with Crippen molar-refractivity contribution in [1.29, 1.82) is 0 Å². The van der Waals surface area contributed by atoms with Gasteiger partial charge in [0, 0.05) is 5.02 Å². The molecule has 2 aromatic carbocycles. The van der Waals surface area contributed by atoms with Crippen molar-refractivity contribution in [3.8, 4) is 0 Å². The predicted octanol–water partition coefficient (Wildman–Crippen LogP) is 4.72. The lowest BCUT2D eigenvalue weighted by atomic mass is 9.94. The number of rotatable bonds is 2. The molecule has 1 atom stereocenters. The van der Waals surface area contributed by atoms with E-state index >= 15 is 0 Å². The van der Waals surface area contributed by atoms with E-state index in [4.69, 9.17) is 17.3 Å². The van der Waals surface area contributed by atoms with Crippen LogP contribution in [0, 0.1) is 6.92 Å². The fourth-order valence-corrected chi connectivity index (χ4v) is 2.35. The molecule has 20 heavy (non-hydrogen) atoms. The molecule has 2 aromatic rings. The summed E-state index contributed by atoms with van der Waals surface area (Å²) < 4.78 is 37.9. The molecular formula is C15H13ClF3N. The van der Waals surface area contributed by atoms with E-state index < -0.39 is 17.8 Å². The standard InChI is InChI=1S/C15H13ClF3N/c1-9-8-10(15(17,18)19)6-7-11(9)14(20)12-4-2-3-5-13(12)16/h2-8,14H,20H2,1H3. The van der Waals surface area contributed by atoms with Gasteiger partial charge in [0.15, 0.2) is 0 Å². The summed E-state index contributed by atoms with van der Waals surface area (Å²) in [6.07, 6.45) is -4.35. The minimum atomic E-state index is -4.35. The summed E-state index contributed by atoms with van der Waals surface area (Å²) >= 11 is 6.07. The molecule has 2 rings (SSSR count). The van der Waals surface area contributed by atoms with Crippen molar-refractivity contribution in [2.24, 2.45) is 5.73 Å². The third-order valence-corrected chi connectivity index (χ3v) is 3.52. The summed E-state index contributed by atoms with van der Waals surface area (Å²) in [6.45, 7) is 1.61. The van der Waals surface area contributed by atoms with Crippen LogP contribution >= 0.6 is 11.6 Å². The molecular weight excluding hydrogens is 287 g/mol. The lowest BCUT2D eigenvalue weighted by molar-refractivity contribution is -0.137. The molecule has 5 heteroatoms. The van der Waals surface area contributed by atoms with Crippen molar-refractivity contribution >= 4 is 11.6 Å². The molecule has 0 heterocycles. The topological polar surface area (TPSA) is 26.0 Å². The van der Waals surface area contributed by atoms with Crippen LogP contribution in [-0.4, -0.2) is 0 Å². The molecule has 1 unspecified atom stereocenters. The maximum absolute atomic E-state index is 12.6. The first-order valence-electron chi connectivity index (χ1n) is 5.98. The van der Waals surface area contributed by atoms with Gasteiger partial charge in [-0.3, -0.25) is 0 Å². The lowest BCUT2D eigenvalue weighted by Gasteiger charge is -2.18. The van der Waals surface area contributed by atoms with Gasteiger partial charge in [-0.25, -0.2) is 0 Å². The van der Waals surface area contributed by atoms with E-state index in [1.165, 1.54) is 6.07 Å². The average molecular weight is 300 g/mol. The Morgan fingerprint density at radius 3 is 2.25 bits per heavy atom. The van der Waals surface area contributed by atoms with Gasteiger partial charge in [0.1, 0.15) is 0 Å². The van der Waals surface area contributed by atoms with Gasteiger partial charge in [-0.2, -0.15) is 13.2 Å². The predicted molar refractivity (Wildman–Crippen MR) is 73.7 cm³/mol. The molecule has 0 aliphatic carbocycles. The van der Waals surface area contributed by atoms with Crippen LogP contribution in [0.25, 0.3) is 0 Å². The van der Waals surface area contributed by atoms with Crippen LogP contribution in [0.4, 0.5) is 13.2 Å². The van der Waals surface area contributed by atoms with E-state index in [9.17, 15) is 13.2 Å². The monoisotopic (exact) mass is 299 g/mol. The van der Waals surface area contributed by atoms with E-state index in [-0.39, 0.29) is 0 Å². The van der Waals surface area contributed by atoms with Crippen LogP contribution in [0.5, 0.6) is 0 Å². The van der Waals surface area contributed by atoms with Crippen LogP contribution in [0.3, 0.4) is 0 Å². The molecule has 0 aliphatic heterocycles. The van der Waals surface area contributed by atoms with Crippen LogP contribution < -0.4 is 5.73 Å². The molecule has 0 saturated carbocycles. The molecule has 2 N–H and O–H groups in total. The number of benzene rings is 2. The second-order valence-corrected chi connectivity index (χ2v) is 4.98. The zero-order valence-electron chi connectivity index (χ0n) is 10.7. The van der Waals surface area contributed by atoms with Gasteiger partial charge >= 0.3 is 6.18 Å². The average Bonchev–Trinajstić information content (AvgIpc) is 2.37. The van der Waals surface area contributed by atoms with Crippen molar-refractivity contribution in [2.75, 3.05) is 0 Å². The molecule has 1 nitrogen and oxygen atoms in total. The van der Waals surface area contributed by atoms with Crippen molar-refractivity contribution in [1.82, 2.24) is 0 Å². The maximum Gasteiger partial charge on any atom is 0.416 e. The fraction of sp³-hybridized carbons (Fsp3) is 0.200. The van der Waals surface area contributed by atoms with Gasteiger partial charge in [-0.15, -0.1) is 0 Å². The molecule has 0 aliphatic rings. The van der Waals surface area contributed by atoms with Gasteiger partial charge < -0.3 is 5.73 Å². The molecule has 0 fully saturated rings. The third-order valence-electron chi connectivity index (χ3n) is 3.17. The van der Waals surface area contributed by atoms with Gasteiger partial charge in [0.2, 0.25) is 0 Å². The normalized spacial score (nSPS) is 13.3. The van der Waals surface area contributed by atoms with E-state index in [1.54, 1.807) is 31.2 Å². The maximum atomic E-state index is 12.6. The zero-order valence-corrected chi connectivity index (χ0v) is 11.5. The molecule has 0 saturated heterocycles. The van der Waals surface area contributed by atoms with E-state index in [0.29, 0.717) is 21.7 Å². The summed E-state index contributed by atoms with van der Waals surface area (Å²) in [6, 6.07) is 10.0. The van der Waals surface area contributed by atoms with E-state index in [1.807, 2.05) is 0 Å². The summed E-state index contributed by atoms with van der Waals surface area (Å²) in [5.41, 5.74) is 7.25. The number of hydrogen-bond acceptors (Lipinski definition) is 1. The zero-order chi connectivity index (χ0) is 14.9. The number of nitrogens with two attached hydrogens (primary N) is 1. The first-order valence-corrected chi connectivity index (χ1v) is 6.36. The summed E-state index contributed by atoms with van der Waals surface area (Å²) in [5.74, 6) is 0. The van der Waals surface area contributed by atoms with Crippen LogP contribution in [0.15, 0.2) is 42.5 Å². The third kappa shape index (κ3) is 2.97. The van der Waals surface area contributed by atoms with Crippen LogP contribution in [0.1, 0.15) is 28.3 Å². The number of hydrogen-bond donors (Lipinski definition) is 1. The summed E-state index contributed by atoms with van der Waals surface area (Å²) in [5, 5.41) is 0.499. The van der Waals surface area contributed by atoms with Gasteiger partial charge in [0.05, 0.1) is 11.6 Å². The highest BCUT2D eigenvalue weighted by atomic mass is 35.5. The second-order valence-electron chi connectivity index (χ2n) is 4.57. The van der Waals surface area contributed by atoms with Crippen molar-refractivity contribution in [2.45, 2.75) is 19.1 Å². The molecule has 0 amide bonds. The quantitative estimate of drug-likeness (QED) is 0.853. The van der Waals surface area contributed by atoms with Crippen molar-refractivity contribution in [3.05, 3.63) is 69.7 Å². The Bertz CT molecular complexity index is 623. The highest BCUT2D eigenvalue weighted by Gasteiger charge is 2.31. The molecule has 0 aromatic heterocycles. The summed E-state index contributed by atoms with van der Waals surface area (Å²) in [7, 11) is 0. The minimum absolute atomic E-state index is 0.493. The van der Waals surface area contributed by atoms with Crippen molar-refractivity contribution < 1.29 is 13.2 Å². The first-order chi connectivity index (χ1) is 9.30. The Hall–Kier alpha value is -1.52. The van der Waals surface area contributed by atoms with Crippen molar-refractivity contribution in [3.63, 3.8) is 0 Å². The van der Waals surface area contributed by atoms with Gasteiger partial charge in [-0.1, -0.05) is 35.9 Å². The fourth-order valence-electron chi connectivity index (χ4n) is 2.10. The number of halogens is 4. The largest absolute Gasteiger partial charge is 0.416 e. The number of alkyl halides is 3. The molecule has 0 radical (unpaired) electrons. The Balaban J connectivity index is 2.42. The molecule has 106 valence electrons. The first kappa shape index (κ1) is 14.9.